The number of rotatable bonds is 11. The maximum Gasteiger partial charge on any atom is 0.234 e. The van der Waals surface area contributed by atoms with Crippen LogP contribution >= 0.6 is 23.1 Å². The molecule has 0 spiro atoms. The van der Waals surface area contributed by atoms with Crippen molar-refractivity contribution < 1.29 is 19.1 Å². The van der Waals surface area contributed by atoms with E-state index in [4.69, 9.17) is 9.47 Å². The Morgan fingerprint density at radius 3 is 2.41 bits per heavy atom. The summed E-state index contributed by atoms with van der Waals surface area (Å²) in [7, 11) is 1.60. The zero-order valence-corrected chi connectivity index (χ0v) is 19.6. The first-order valence-corrected chi connectivity index (χ1v) is 12.1. The van der Waals surface area contributed by atoms with Crippen LogP contribution in [0.1, 0.15) is 18.2 Å². The van der Waals surface area contributed by atoms with Crippen molar-refractivity contribution in [1.29, 1.82) is 0 Å². The molecule has 0 fully saturated rings. The maximum atomic E-state index is 12.3. The lowest BCUT2D eigenvalue weighted by Gasteiger charge is -2.06. The highest BCUT2D eigenvalue weighted by molar-refractivity contribution is 7.99. The van der Waals surface area contributed by atoms with Crippen LogP contribution in [0, 0.1) is 0 Å². The Morgan fingerprint density at radius 1 is 1.00 bits per heavy atom. The third kappa shape index (κ3) is 7.58. The van der Waals surface area contributed by atoms with E-state index in [9.17, 15) is 9.59 Å². The number of carbonyl (C=O) groups is 2. The Labute approximate surface area is 195 Å². The average molecular weight is 472 g/mol. The van der Waals surface area contributed by atoms with Gasteiger partial charge in [0, 0.05) is 16.8 Å². The van der Waals surface area contributed by atoms with E-state index in [2.05, 4.69) is 15.6 Å². The van der Waals surface area contributed by atoms with Gasteiger partial charge in [0.2, 0.25) is 11.8 Å². The van der Waals surface area contributed by atoms with Gasteiger partial charge in [-0.3, -0.25) is 9.59 Å². The highest BCUT2D eigenvalue weighted by atomic mass is 32.2. The lowest BCUT2D eigenvalue weighted by Crippen LogP contribution is -2.14. The average Bonchev–Trinajstić information content (AvgIpc) is 3.22. The molecule has 168 valence electrons. The first-order chi connectivity index (χ1) is 15.6. The van der Waals surface area contributed by atoms with Crippen molar-refractivity contribution in [3.05, 3.63) is 65.2 Å². The topological polar surface area (TPSA) is 89.5 Å². The minimum absolute atomic E-state index is 0.0840. The number of thioether (sulfide) groups is 1. The summed E-state index contributed by atoms with van der Waals surface area (Å²) in [6, 6.07) is 14.7. The standard InChI is InChI=1S/C23H25N3O4S2/c1-3-30-20-8-4-16(5-9-20)12-21(27)26-23-25-18(14-32-23)13-31-15-22(28)24-17-6-10-19(29-2)11-7-17/h4-11,14H,3,12-13,15H2,1-2H3,(H,24,28)(H,25,26,27). The van der Waals surface area contributed by atoms with Gasteiger partial charge in [0.15, 0.2) is 5.13 Å². The SMILES string of the molecule is CCOc1ccc(CC(=O)Nc2nc(CSCC(=O)Nc3ccc(OC)cc3)cs2)cc1. The van der Waals surface area contributed by atoms with Gasteiger partial charge in [0.05, 0.1) is 31.6 Å². The van der Waals surface area contributed by atoms with Gasteiger partial charge >= 0.3 is 0 Å². The van der Waals surface area contributed by atoms with Crippen LogP contribution < -0.4 is 20.1 Å². The van der Waals surface area contributed by atoms with Gasteiger partial charge in [0.25, 0.3) is 0 Å². The van der Waals surface area contributed by atoms with Crippen molar-refractivity contribution in [2.75, 3.05) is 30.1 Å². The van der Waals surface area contributed by atoms with E-state index < -0.39 is 0 Å². The molecule has 0 aliphatic heterocycles. The lowest BCUT2D eigenvalue weighted by atomic mass is 10.1. The molecule has 0 atom stereocenters. The fourth-order valence-electron chi connectivity index (χ4n) is 2.77. The van der Waals surface area contributed by atoms with Crippen LogP contribution in [-0.4, -0.2) is 36.3 Å². The molecule has 3 rings (SSSR count). The Hall–Kier alpha value is -3.04. The van der Waals surface area contributed by atoms with Crippen LogP contribution in [0.3, 0.4) is 0 Å². The van der Waals surface area contributed by atoms with E-state index in [-0.39, 0.29) is 18.2 Å². The first kappa shape index (κ1) is 23.6. The molecule has 9 heteroatoms. The van der Waals surface area contributed by atoms with Gasteiger partial charge in [-0.2, -0.15) is 0 Å². The number of methoxy groups -OCH3 is 1. The number of nitrogens with one attached hydrogen (secondary N) is 2. The van der Waals surface area contributed by atoms with Crippen molar-refractivity contribution >= 4 is 45.7 Å². The summed E-state index contributed by atoms with van der Waals surface area (Å²) in [4.78, 5) is 28.8. The van der Waals surface area contributed by atoms with Gasteiger partial charge in [-0.05, 0) is 48.9 Å². The lowest BCUT2D eigenvalue weighted by molar-refractivity contribution is -0.115. The highest BCUT2D eigenvalue weighted by Crippen LogP contribution is 2.21. The number of anilines is 2. The van der Waals surface area contributed by atoms with Gasteiger partial charge in [-0.25, -0.2) is 4.98 Å². The van der Waals surface area contributed by atoms with Crippen LogP contribution in [0.5, 0.6) is 11.5 Å². The maximum absolute atomic E-state index is 12.3. The summed E-state index contributed by atoms with van der Waals surface area (Å²) in [5.41, 5.74) is 2.46. The van der Waals surface area contributed by atoms with Crippen LogP contribution in [0.4, 0.5) is 10.8 Å². The number of nitrogens with zero attached hydrogens (tertiary/aromatic N) is 1. The molecule has 7 nitrogen and oxygen atoms in total. The third-order valence-electron chi connectivity index (χ3n) is 4.25. The summed E-state index contributed by atoms with van der Waals surface area (Å²) < 4.78 is 10.5. The predicted molar refractivity (Wildman–Crippen MR) is 130 cm³/mol. The molecule has 0 saturated heterocycles. The number of thiazole rings is 1. The number of amides is 2. The van der Waals surface area contributed by atoms with Crippen LogP contribution in [0.15, 0.2) is 53.9 Å². The van der Waals surface area contributed by atoms with Crippen molar-refractivity contribution in [3.63, 3.8) is 0 Å². The minimum Gasteiger partial charge on any atom is -0.497 e. The number of aromatic nitrogens is 1. The smallest absolute Gasteiger partial charge is 0.234 e. The van der Waals surface area contributed by atoms with Crippen LogP contribution in [0.2, 0.25) is 0 Å². The molecule has 2 amide bonds. The number of ether oxygens (including phenoxy) is 2. The molecule has 0 saturated carbocycles. The molecule has 0 radical (unpaired) electrons. The van der Waals surface area contributed by atoms with Gasteiger partial charge < -0.3 is 20.1 Å². The zero-order valence-electron chi connectivity index (χ0n) is 17.9. The second-order valence-corrected chi connectivity index (χ2v) is 8.56. The quantitative estimate of drug-likeness (QED) is 0.425. The Bertz CT molecular complexity index is 1020. The predicted octanol–water partition coefficient (Wildman–Crippen LogP) is 4.60. The molecular formula is C23H25N3O4S2. The summed E-state index contributed by atoms with van der Waals surface area (Å²) in [6.45, 7) is 2.54. The molecule has 1 heterocycles. The Kier molecular flexibility index (Phi) is 8.94. The molecule has 32 heavy (non-hydrogen) atoms. The van der Waals surface area contributed by atoms with Gasteiger partial charge in [-0.15, -0.1) is 23.1 Å². The van der Waals surface area contributed by atoms with Crippen molar-refractivity contribution in [3.8, 4) is 11.5 Å². The van der Waals surface area contributed by atoms with E-state index in [1.54, 1.807) is 31.4 Å². The molecule has 2 aromatic carbocycles. The van der Waals surface area contributed by atoms with Crippen LogP contribution in [-0.2, 0) is 21.8 Å². The normalized spacial score (nSPS) is 10.4. The minimum atomic E-state index is -0.124. The summed E-state index contributed by atoms with van der Waals surface area (Å²) in [5, 5.41) is 8.12. The van der Waals surface area contributed by atoms with E-state index in [0.717, 1.165) is 28.4 Å². The van der Waals surface area contributed by atoms with Crippen molar-refractivity contribution in [2.45, 2.75) is 19.1 Å². The van der Waals surface area contributed by atoms with E-state index in [1.165, 1.54) is 23.1 Å². The second-order valence-electron chi connectivity index (χ2n) is 6.72. The monoisotopic (exact) mass is 471 g/mol. The summed E-state index contributed by atoms with van der Waals surface area (Å²) in [6.07, 6.45) is 0.265. The fraction of sp³-hybridized carbons (Fsp3) is 0.261. The molecular weight excluding hydrogens is 446 g/mol. The fourth-order valence-corrected chi connectivity index (χ4v) is 4.32. The molecule has 2 N–H and O–H groups in total. The number of hydrogen-bond acceptors (Lipinski definition) is 7. The van der Waals surface area contributed by atoms with Crippen molar-refractivity contribution in [2.24, 2.45) is 0 Å². The number of carbonyl (C=O) groups excluding carboxylic acids is 2. The molecule has 0 aliphatic rings. The third-order valence-corrected chi connectivity index (χ3v) is 6.03. The van der Waals surface area contributed by atoms with Crippen molar-refractivity contribution in [1.82, 2.24) is 4.98 Å². The van der Waals surface area contributed by atoms with E-state index in [0.29, 0.717) is 23.2 Å². The summed E-state index contributed by atoms with van der Waals surface area (Å²) >= 11 is 2.84. The number of benzene rings is 2. The summed E-state index contributed by atoms with van der Waals surface area (Å²) in [5.74, 6) is 2.21. The molecule has 0 unspecified atom stereocenters. The van der Waals surface area contributed by atoms with E-state index >= 15 is 0 Å². The van der Waals surface area contributed by atoms with E-state index in [1.807, 2.05) is 36.6 Å². The molecule has 1 aromatic heterocycles. The Balaban J connectivity index is 1.39. The molecule has 3 aromatic rings. The van der Waals surface area contributed by atoms with Gasteiger partial charge in [0.1, 0.15) is 11.5 Å². The first-order valence-electron chi connectivity index (χ1n) is 10.0. The van der Waals surface area contributed by atoms with Crippen LogP contribution in [0.25, 0.3) is 0 Å². The molecule has 0 aliphatic carbocycles. The molecule has 0 bridgehead atoms. The largest absolute Gasteiger partial charge is 0.497 e. The highest BCUT2D eigenvalue weighted by Gasteiger charge is 2.09. The van der Waals surface area contributed by atoms with Gasteiger partial charge in [-0.1, -0.05) is 12.1 Å². The number of hydrogen-bond donors (Lipinski definition) is 2. The zero-order chi connectivity index (χ0) is 22.8. The Morgan fingerprint density at radius 2 is 1.72 bits per heavy atom. The second kappa shape index (κ2) is 12.1.